The molecule has 0 spiro atoms. The molecule has 12 heavy (non-hydrogen) atoms. The molecule has 1 fully saturated rings. The van der Waals surface area contributed by atoms with E-state index in [1.54, 1.807) is 0 Å². The number of rotatable bonds is 4. The lowest BCUT2D eigenvalue weighted by Crippen LogP contribution is -2.52. The van der Waals surface area contributed by atoms with E-state index in [0.29, 0.717) is 10.7 Å². The van der Waals surface area contributed by atoms with Crippen molar-refractivity contribution in [3.63, 3.8) is 0 Å². The molecular formula is C8H18N2S2. The van der Waals surface area contributed by atoms with Crippen LogP contribution in [-0.4, -0.2) is 35.3 Å². The average molecular weight is 206 g/mol. The van der Waals surface area contributed by atoms with Crippen molar-refractivity contribution in [1.82, 2.24) is 10.6 Å². The van der Waals surface area contributed by atoms with Crippen molar-refractivity contribution in [3.05, 3.63) is 0 Å². The zero-order valence-corrected chi connectivity index (χ0v) is 9.43. The summed E-state index contributed by atoms with van der Waals surface area (Å²) in [6.45, 7) is 6.65. The van der Waals surface area contributed by atoms with Gasteiger partial charge in [-0.2, -0.15) is 0 Å². The third kappa shape index (κ3) is 3.17. The van der Waals surface area contributed by atoms with E-state index in [1.165, 1.54) is 11.5 Å². The average Bonchev–Trinajstić information content (AvgIpc) is 2.09. The van der Waals surface area contributed by atoms with E-state index < -0.39 is 0 Å². The summed E-state index contributed by atoms with van der Waals surface area (Å²) in [6.07, 6.45) is 0. The Morgan fingerprint density at radius 2 is 1.42 bits per heavy atom. The molecule has 72 valence electrons. The fourth-order valence-corrected chi connectivity index (χ4v) is 3.50. The molecule has 2 nitrogen and oxygen atoms in total. The molecule has 1 aliphatic rings. The highest BCUT2D eigenvalue weighted by atomic mass is 32.2. The van der Waals surface area contributed by atoms with E-state index in [1.807, 2.05) is 23.5 Å². The van der Waals surface area contributed by atoms with Crippen LogP contribution in [0.1, 0.15) is 13.8 Å². The lowest BCUT2D eigenvalue weighted by atomic mass is 10.4. The van der Waals surface area contributed by atoms with Gasteiger partial charge in [-0.05, 0) is 11.5 Å². The summed E-state index contributed by atoms with van der Waals surface area (Å²) in [5.41, 5.74) is 0. The lowest BCUT2D eigenvalue weighted by Gasteiger charge is -2.32. The van der Waals surface area contributed by atoms with Gasteiger partial charge >= 0.3 is 0 Å². The summed E-state index contributed by atoms with van der Waals surface area (Å²) in [5.74, 6) is 2.39. The molecule has 0 amide bonds. The molecule has 1 saturated heterocycles. The number of thioether (sulfide) groups is 2. The van der Waals surface area contributed by atoms with Gasteiger partial charge in [0.1, 0.15) is 0 Å². The van der Waals surface area contributed by atoms with Gasteiger partial charge in [0.2, 0.25) is 0 Å². The molecule has 1 aliphatic heterocycles. The molecule has 2 unspecified atom stereocenters. The van der Waals surface area contributed by atoms with E-state index in [0.717, 1.165) is 13.1 Å². The molecule has 0 aromatic rings. The standard InChI is InChI=1S/C8H18N2S2/c1-3-11-7-8(12-4-2)10-6-5-9-7/h7-10H,3-6H2,1-2H3. The molecule has 4 heteroatoms. The second-order valence-corrected chi connectivity index (χ2v) is 5.50. The van der Waals surface area contributed by atoms with Crippen LogP contribution in [0.2, 0.25) is 0 Å². The van der Waals surface area contributed by atoms with Crippen LogP contribution in [0.25, 0.3) is 0 Å². The van der Waals surface area contributed by atoms with Crippen LogP contribution in [-0.2, 0) is 0 Å². The Kier molecular flexibility index (Phi) is 5.47. The van der Waals surface area contributed by atoms with Gasteiger partial charge in [-0.3, -0.25) is 0 Å². The van der Waals surface area contributed by atoms with Crippen molar-refractivity contribution in [2.24, 2.45) is 0 Å². The first kappa shape index (κ1) is 10.7. The molecule has 0 aromatic heterocycles. The molecular weight excluding hydrogens is 188 g/mol. The minimum absolute atomic E-state index is 0.605. The Hall–Kier alpha value is 0.620. The summed E-state index contributed by atoms with van der Waals surface area (Å²) in [5, 5.41) is 8.28. The van der Waals surface area contributed by atoms with Gasteiger partial charge in [0.05, 0.1) is 10.7 Å². The van der Waals surface area contributed by atoms with E-state index in [4.69, 9.17) is 0 Å². The van der Waals surface area contributed by atoms with Crippen molar-refractivity contribution >= 4 is 23.5 Å². The van der Waals surface area contributed by atoms with Crippen molar-refractivity contribution in [3.8, 4) is 0 Å². The van der Waals surface area contributed by atoms with E-state index in [2.05, 4.69) is 24.5 Å². The zero-order valence-electron chi connectivity index (χ0n) is 7.80. The van der Waals surface area contributed by atoms with Crippen molar-refractivity contribution in [2.45, 2.75) is 24.6 Å². The highest BCUT2D eigenvalue weighted by Crippen LogP contribution is 2.21. The molecule has 0 radical (unpaired) electrons. The first-order valence-corrected chi connectivity index (χ1v) is 6.68. The van der Waals surface area contributed by atoms with Gasteiger partial charge in [0, 0.05) is 13.1 Å². The van der Waals surface area contributed by atoms with Crippen LogP contribution in [0.15, 0.2) is 0 Å². The Morgan fingerprint density at radius 1 is 1.00 bits per heavy atom. The summed E-state index contributed by atoms with van der Waals surface area (Å²) in [4.78, 5) is 0. The minimum Gasteiger partial charge on any atom is -0.302 e. The number of nitrogens with one attached hydrogen (secondary N) is 2. The third-order valence-electron chi connectivity index (χ3n) is 1.78. The van der Waals surface area contributed by atoms with Crippen molar-refractivity contribution in [1.29, 1.82) is 0 Å². The second-order valence-electron chi connectivity index (χ2n) is 2.66. The smallest absolute Gasteiger partial charge is 0.0782 e. The molecule has 0 bridgehead atoms. The summed E-state index contributed by atoms with van der Waals surface area (Å²) in [6, 6.07) is 0. The molecule has 2 atom stereocenters. The first-order chi connectivity index (χ1) is 5.88. The van der Waals surface area contributed by atoms with Crippen LogP contribution in [0, 0.1) is 0 Å². The topological polar surface area (TPSA) is 24.1 Å². The summed E-state index contributed by atoms with van der Waals surface area (Å²) in [7, 11) is 0. The highest BCUT2D eigenvalue weighted by molar-refractivity contribution is 8.03. The van der Waals surface area contributed by atoms with E-state index in [-0.39, 0.29) is 0 Å². The largest absolute Gasteiger partial charge is 0.302 e. The predicted molar refractivity (Wildman–Crippen MR) is 59.8 cm³/mol. The molecule has 0 aliphatic carbocycles. The Balaban J connectivity index is 2.31. The normalized spacial score (nSPS) is 30.5. The molecule has 0 aromatic carbocycles. The highest BCUT2D eigenvalue weighted by Gasteiger charge is 2.23. The van der Waals surface area contributed by atoms with Gasteiger partial charge < -0.3 is 10.6 Å². The number of hydrogen-bond acceptors (Lipinski definition) is 4. The number of piperazine rings is 1. The Bertz CT molecular complexity index is 104. The maximum Gasteiger partial charge on any atom is 0.0782 e. The van der Waals surface area contributed by atoms with E-state index >= 15 is 0 Å². The van der Waals surface area contributed by atoms with Gasteiger partial charge in [-0.1, -0.05) is 13.8 Å². The molecule has 0 saturated carbocycles. The minimum atomic E-state index is 0.605. The van der Waals surface area contributed by atoms with Gasteiger partial charge in [0.25, 0.3) is 0 Å². The maximum absolute atomic E-state index is 3.53. The fraction of sp³-hybridized carbons (Fsp3) is 1.00. The Labute approximate surface area is 83.6 Å². The van der Waals surface area contributed by atoms with Crippen molar-refractivity contribution in [2.75, 3.05) is 24.6 Å². The van der Waals surface area contributed by atoms with Gasteiger partial charge in [-0.25, -0.2) is 0 Å². The second kappa shape index (κ2) is 6.13. The first-order valence-electron chi connectivity index (χ1n) is 4.58. The summed E-state index contributed by atoms with van der Waals surface area (Å²) >= 11 is 4.01. The quantitative estimate of drug-likeness (QED) is 0.725. The maximum atomic E-state index is 3.53. The lowest BCUT2D eigenvalue weighted by molar-refractivity contribution is 0.480. The fourth-order valence-electron chi connectivity index (χ4n) is 1.29. The van der Waals surface area contributed by atoms with Crippen LogP contribution < -0.4 is 10.6 Å². The SMILES string of the molecule is CCSC1NCCNC1SCC. The predicted octanol–water partition coefficient (Wildman–Crippen LogP) is 1.34. The summed E-state index contributed by atoms with van der Waals surface area (Å²) < 4.78 is 0. The molecule has 1 heterocycles. The Morgan fingerprint density at radius 3 is 1.75 bits per heavy atom. The van der Waals surface area contributed by atoms with Crippen molar-refractivity contribution < 1.29 is 0 Å². The van der Waals surface area contributed by atoms with Crippen LogP contribution in [0.3, 0.4) is 0 Å². The van der Waals surface area contributed by atoms with Gasteiger partial charge in [-0.15, -0.1) is 23.5 Å². The molecule has 1 rings (SSSR count). The van der Waals surface area contributed by atoms with Crippen LogP contribution in [0.5, 0.6) is 0 Å². The number of hydrogen-bond donors (Lipinski definition) is 2. The van der Waals surface area contributed by atoms with Crippen LogP contribution in [0.4, 0.5) is 0 Å². The van der Waals surface area contributed by atoms with Crippen LogP contribution >= 0.6 is 23.5 Å². The van der Waals surface area contributed by atoms with Gasteiger partial charge in [0.15, 0.2) is 0 Å². The third-order valence-corrected chi connectivity index (χ3v) is 4.22. The van der Waals surface area contributed by atoms with E-state index in [9.17, 15) is 0 Å². The zero-order chi connectivity index (χ0) is 8.81. The molecule has 2 N–H and O–H groups in total. The monoisotopic (exact) mass is 206 g/mol.